The molecule has 4 bridgehead atoms. The fourth-order valence-electron chi connectivity index (χ4n) is 5.73. The van der Waals surface area contributed by atoms with Gasteiger partial charge in [0.15, 0.2) is 6.61 Å². The third-order valence-electron chi connectivity index (χ3n) is 6.44. The van der Waals surface area contributed by atoms with Crippen LogP contribution in [0.2, 0.25) is 0 Å². The van der Waals surface area contributed by atoms with E-state index >= 15 is 0 Å². The van der Waals surface area contributed by atoms with E-state index in [-0.39, 0.29) is 12.5 Å². The topological polar surface area (TPSA) is 55.4 Å². The predicted molar refractivity (Wildman–Crippen MR) is 103 cm³/mol. The summed E-state index contributed by atoms with van der Waals surface area (Å²) in [7, 11) is 0. The van der Waals surface area contributed by atoms with E-state index in [1.54, 1.807) is 17.4 Å². The van der Waals surface area contributed by atoms with E-state index < -0.39 is 5.97 Å². The van der Waals surface area contributed by atoms with Crippen LogP contribution in [0.4, 0.5) is 0 Å². The van der Waals surface area contributed by atoms with Crippen LogP contribution in [0.1, 0.15) is 49.0 Å². The van der Waals surface area contributed by atoms with Gasteiger partial charge in [0.25, 0.3) is 5.91 Å². The molecule has 4 fully saturated rings. The van der Waals surface area contributed by atoms with E-state index in [9.17, 15) is 9.59 Å². The molecule has 1 aromatic heterocycles. The van der Waals surface area contributed by atoms with E-state index in [0.29, 0.717) is 5.41 Å². The number of carbonyl (C=O) groups excluding carboxylic acids is 2. The summed E-state index contributed by atoms with van der Waals surface area (Å²) in [4.78, 5) is 24.9. The highest BCUT2D eigenvalue weighted by Gasteiger charge is 2.50. The van der Waals surface area contributed by atoms with E-state index in [4.69, 9.17) is 4.74 Å². The van der Waals surface area contributed by atoms with Crippen LogP contribution in [-0.2, 0) is 14.3 Å². The maximum absolute atomic E-state index is 12.1. The lowest BCUT2D eigenvalue weighted by Crippen LogP contribution is -2.51. The fraction of sp³-hybridized carbons (Fsp3) is 0.619. The van der Waals surface area contributed by atoms with Gasteiger partial charge >= 0.3 is 5.97 Å². The molecule has 0 atom stereocenters. The van der Waals surface area contributed by atoms with Crippen molar-refractivity contribution < 1.29 is 14.3 Å². The number of amides is 1. The van der Waals surface area contributed by atoms with Gasteiger partial charge in [0.2, 0.25) is 0 Å². The lowest BCUT2D eigenvalue weighted by molar-refractivity contribution is -0.144. The molecule has 0 aromatic carbocycles. The van der Waals surface area contributed by atoms with Crippen LogP contribution in [0.25, 0.3) is 6.08 Å². The summed E-state index contributed by atoms with van der Waals surface area (Å²) in [6, 6.07) is 2.01. The standard InChI is InChI=1S/C21H27NO3S/c1-14-4-5-26-18(14)2-3-20(24)25-12-19(23)22-13-21-9-15-6-16(10-21)8-17(7-15)11-21/h2-5,15-17H,6-13H2,1H3,(H,22,23)/b3-2+. The van der Waals surface area contributed by atoms with Gasteiger partial charge in [-0.05, 0) is 91.7 Å². The molecular weight excluding hydrogens is 346 g/mol. The molecule has 4 nitrogen and oxygen atoms in total. The molecule has 1 heterocycles. The smallest absolute Gasteiger partial charge is 0.331 e. The van der Waals surface area contributed by atoms with Crippen molar-refractivity contribution in [1.82, 2.24) is 5.32 Å². The van der Waals surface area contributed by atoms with E-state index in [2.05, 4.69) is 5.32 Å². The van der Waals surface area contributed by atoms with Crippen LogP contribution in [0.5, 0.6) is 0 Å². The van der Waals surface area contributed by atoms with Gasteiger partial charge in [-0.2, -0.15) is 0 Å². The number of aryl methyl sites for hydroxylation is 1. The van der Waals surface area contributed by atoms with Crippen LogP contribution < -0.4 is 5.32 Å². The van der Waals surface area contributed by atoms with Crippen LogP contribution in [0, 0.1) is 30.1 Å². The molecule has 1 N–H and O–H groups in total. The van der Waals surface area contributed by atoms with E-state index in [1.807, 2.05) is 18.4 Å². The molecule has 0 aliphatic heterocycles. The monoisotopic (exact) mass is 373 g/mol. The van der Waals surface area contributed by atoms with Gasteiger partial charge in [0.05, 0.1) is 0 Å². The Morgan fingerprint density at radius 3 is 2.46 bits per heavy atom. The van der Waals surface area contributed by atoms with Crippen LogP contribution in [-0.4, -0.2) is 25.0 Å². The number of carbonyl (C=O) groups is 2. The first-order chi connectivity index (χ1) is 12.5. The van der Waals surface area contributed by atoms with Crippen molar-refractivity contribution in [2.45, 2.75) is 45.4 Å². The second kappa shape index (κ2) is 7.18. The fourth-order valence-corrected chi connectivity index (χ4v) is 6.55. The number of thiophene rings is 1. The normalized spacial score (nSPS) is 32.1. The molecule has 0 saturated heterocycles. The summed E-state index contributed by atoms with van der Waals surface area (Å²) >= 11 is 1.58. The summed E-state index contributed by atoms with van der Waals surface area (Å²) in [6.07, 6.45) is 11.1. The predicted octanol–water partition coefficient (Wildman–Crippen LogP) is 3.95. The third kappa shape index (κ3) is 3.88. The van der Waals surface area contributed by atoms with Crippen LogP contribution in [0.15, 0.2) is 17.5 Å². The number of hydrogen-bond acceptors (Lipinski definition) is 4. The maximum Gasteiger partial charge on any atom is 0.331 e. The first kappa shape index (κ1) is 17.8. The van der Waals surface area contributed by atoms with Crippen LogP contribution >= 0.6 is 11.3 Å². The van der Waals surface area contributed by atoms with Crippen molar-refractivity contribution in [3.8, 4) is 0 Å². The minimum atomic E-state index is -0.470. The van der Waals surface area contributed by atoms with Gasteiger partial charge in [0, 0.05) is 17.5 Å². The lowest BCUT2D eigenvalue weighted by atomic mass is 9.49. The summed E-state index contributed by atoms with van der Waals surface area (Å²) < 4.78 is 5.08. The van der Waals surface area contributed by atoms with Crippen molar-refractivity contribution in [3.05, 3.63) is 28.0 Å². The molecule has 26 heavy (non-hydrogen) atoms. The van der Waals surface area contributed by atoms with Crippen molar-refractivity contribution in [3.63, 3.8) is 0 Å². The molecule has 4 aliphatic carbocycles. The van der Waals surface area contributed by atoms with E-state index in [0.717, 1.165) is 34.7 Å². The second-order valence-corrected chi connectivity index (χ2v) is 9.55. The minimum Gasteiger partial charge on any atom is -0.452 e. The van der Waals surface area contributed by atoms with E-state index in [1.165, 1.54) is 44.6 Å². The number of rotatable bonds is 6. The van der Waals surface area contributed by atoms with Gasteiger partial charge in [-0.3, -0.25) is 4.79 Å². The highest BCUT2D eigenvalue weighted by atomic mass is 32.1. The molecule has 0 radical (unpaired) electrons. The lowest BCUT2D eigenvalue weighted by Gasteiger charge is -2.56. The molecule has 4 saturated carbocycles. The molecule has 4 aliphatic rings. The molecule has 140 valence electrons. The zero-order valence-electron chi connectivity index (χ0n) is 15.3. The Kier molecular flexibility index (Phi) is 4.91. The Labute approximate surface area is 159 Å². The third-order valence-corrected chi connectivity index (χ3v) is 7.43. The summed E-state index contributed by atoms with van der Waals surface area (Å²) in [5.74, 6) is 1.98. The Balaban J connectivity index is 1.22. The Morgan fingerprint density at radius 2 is 1.88 bits per heavy atom. The van der Waals surface area contributed by atoms with Gasteiger partial charge in [-0.15, -0.1) is 11.3 Å². The van der Waals surface area contributed by atoms with Gasteiger partial charge in [0.1, 0.15) is 0 Å². The molecule has 1 aromatic rings. The maximum atomic E-state index is 12.1. The SMILES string of the molecule is Cc1ccsc1/C=C/C(=O)OCC(=O)NCC12CC3CC(CC(C3)C1)C2. The summed E-state index contributed by atoms with van der Waals surface area (Å²) in [6.45, 7) is 2.55. The van der Waals surface area contributed by atoms with Crippen molar-refractivity contribution in [2.24, 2.45) is 23.2 Å². The van der Waals surface area contributed by atoms with Crippen molar-refractivity contribution in [1.29, 1.82) is 0 Å². The Bertz CT molecular complexity index is 685. The first-order valence-electron chi connectivity index (χ1n) is 9.67. The molecular formula is C21H27NO3S. The molecule has 1 amide bonds. The minimum absolute atomic E-state index is 0.185. The average molecular weight is 374 g/mol. The summed E-state index contributed by atoms with van der Waals surface area (Å²) in [5.41, 5.74) is 1.44. The van der Waals surface area contributed by atoms with Crippen molar-refractivity contribution in [2.75, 3.05) is 13.2 Å². The van der Waals surface area contributed by atoms with Gasteiger partial charge in [-0.1, -0.05) is 0 Å². The molecule has 0 unspecified atom stereocenters. The number of hydrogen-bond donors (Lipinski definition) is 1. The first-order valence-corrected chi connectivity index (χ1v) is 10.5. The van der Waals surface area contributed by atoms with Gasteiger partial charge < -0.3 is 10.1 Å². The largest absolute Gasteiger partial charge is 0.452 e. The zero-order valence-corrected chi connectivity index (χ0v) is 16.1. The second-order valence-electron chi connectivity index (χ2n) is 8.60. The molecule has 5 rings (SSSR count). The highest BCUT2D eigenvalue weighted by molar-refractivity contribution is 7.11. The molecule has 5 heteroatoms. The molecule has 0 spiro atoms. The van der Waals surface area contributed by atoms with Crippen molar-refractivity contribution >= 4 is 29.3 Å². The summed E-state index contributed by atoms with van der Waals surface area (Å²) in [5, 5.41) is 5.02. The number of nitrogens with one attached hydrogen (secondary N) is 1. The van der Waals surface area contributed by atoms with Gasteiger partial charge in [-0.25, -0.2) is 4.79 Å². The Morgan fingerprint density at radius 1 is 1.23 bits per heavy atom. The number of esters is 1. The zero-order chi connectivity index (χ0) is 18.1. The number of ether oxygens (including phenoxy) is 1. The highest BCUT2D eigenvalue weighted by Crippen LogP contribution is 2.59. The average Bonchev–Trinajstić information content (AvgIpc) is 3.00. The Hall–Kier alpha value is -1.62. The van der Waals surface area contributed by atoms with Crippen LogP contribution in [0.3, 0.4) is 0 Å². The quantitative estimate of drug-likeness (QED) is 0.607.